The highest BCUT2D eigenvalue weighted by molar-refractivity contribution is 5.96. The van der Waals surface area contributed by atoms with Gasteiger partial charge in [0.05, 0.1) is 19.7 Å². The zero-order valence-electron chi connectivity index (χ0n) is 24.0. The van der Waals surface area contributed by atoms with Gasteiger partial charge in [-0.05, 0) is 64.0 Å². The van der Waals surface area contributed by atoms with Crippen LogP contribution in [0.1, 0.15) is 38.3 Å². The van der Waals surface area contributed by atoms with E-state index in [0.717, 1.165) is 11.1 Å². The van der Waals surface area contributed by atoms with Crippen molar-refractivity contribution in [1.82, 2.24) is 35.7 Å². The topological polar surface area (TPSA) is 150 Å². The second-order valence-corrected chi connectivity index (χ2v) is 10.6. The Morgan fingerprint density at radius 2 is 1.89 bits per heavy atom. The molecule has 1 fully saturated rings. The molecule has 4 aromatic rings. The van der Waals surface area contributed by atoms with Crippen molar-refractivity contribution in [2.24, 2.45) is 0 Å². The summed E-state index contributed by atoms with van der Waals surface area (Å²) in [5.41, 5.74) is 2.70. The van der Waals surface area contributed by atoms with Gasteiger partial charge in [0.25, 0.3) is 17.7 Å². The molecule has 7 rings (SSSR count). The number of fused-ring (bicyclic) bond motifs is 7. The van der Waals surface area contributed by atoms with Crippen LogP contribution >= 0.6 is 0 Å². The minimum atomic E-state index is -0.510. The van der Waals surface area contributed by atoms with Crippen LogP contribution in [0, 0.1) is 0 Å². The van der Waals surface area contributed by atoms with E-state index in [4.69, 9.17) is 14.2 Å². The summed E-state index contributed by atoms with van der Waals surface area (Å²) in [6.45, 7) is 1.26. The molecule has 4 heterocycles. The number of aromatic nitrogens is 4. The third kappa shape index (κ3) is 6.61. The van der Waals surface area contributed by atoms with Crippen LogP contribution in [0.4, 0.5) is 0 Å². The highest BCUT2D eigenvalue weighted by Gasteiger charge is 2.35. The highest BCUT2D eigenvalue weighted by atomic mass is 16.5. The molecule has 0 saturated carbocycles. The van der Waals surface area contributed by atoms with Crippen molar-refractivity contribution in [3.8, 4) is 17.2 Å². The SMILES string of the molecule is COc1ccc2cc1OCC(=O)NCc1ccc(cc1)O[C@@H]1CCN(C(=O)c3ccc(Cn4cnnn4)cc3)C[C@@H]1NC2=O. The molecule has 1 saturated heterocycles. The number of piperidine rings is 1. The van der Waals surface area contributed by atoms with Gasteiger partial charge in [-0.1, -0.05) is 24.3 Å². The summed E-state index contributed by atoms with van der Waals surface area (Å²) in [7, 11) is 1.48. The van der Waals surface area contributed by atoms with Gasteiger partial charge in [-0.2, -0.15) is 0 Å². The smallest absolute Gasteiger partial charge is 0.258 e. The van der Waals surface area contributed by atoms with Crippen LogP contribution in [-0.2, 0) is 17.9 Å². The third-order valence-corrected chi connectivity index (χ3v) is 7.58. The Morgan fingerprint density at radius 1 is 1.07 bits per heavy atom. The molecule has 13 heteroatoms. The van der Waals surface area contributed by atoms with Crippen LogP contribution in [0.15, 0.2) is 73.1 Å². The van der Waals surface area contributed by atoms with Crippen molar-refractivity contribution in [2.75, 3.05) is 26.8 Å². The molecule has 2 atom stereocenters. The summed E-state index contributed by atoms with van der Waals surface area (Å²) >= 11 is 0. The summed E-state index contributed by atoms with van der Waals surface area (Å²) in [6, 6.07) is 19.0. The minimum absolute atomic E-state index is 0.142. The van der Waals surface area contributed by atoms with Crippen molar-refractivity contribution in [1.29, 1.82) is 0 Å². The first-order valence-corrected chi connectivity index (χ1v) is 14.2. The summed E-state index contributed by atoms with van der Waals surface area (Å²) in [5, 5.41) is 17.1. The predicted octanol–water partition coefficient (Wildman–Crippen LogP) is 1.83. The molecule has 0 spiro atoms. The van der Waals surface area contributed by atoms with E-state index in [-0.39, 0.29) is 36.6 Å². The number of hydrogen-bond donors (Lipinski definition) is 2. The Balaban J connectivity index is 1.23. The maximum atomic E-state index is 13.6. The average molecular weight is 598 g/mol. The van der Waals surface area contributed by atoms with E-state index >= 15 is 0 Å². The Labute approximate surface area is 253 Å². The van der Waals surface area contributed by atoms with Gasteiger partial charge >= 0.3 is 0 Å². The molecule has 3 aliphatic heterocycles. The number of benzene rings is 3. The number of tetrazole rings is 1. The second kappa shape index (κ2) is 12.8. The minimum Gasteiger partial charge on any atom is -0.493 e. The van der Waals surface area contributed by atoms with E-state index in [1.54, 1.807) is 33.8 Å². The van der Waals surface area contributed by atoms with Crippen LogP contribution in [0.25, 0.3) is 0 Å². The van der Waals surface area contributed by atoms with E-state index in [0.29, 0.717) is 48.7 Å². The number of rotatable bonds is 4. The van der Waals surface area contributed by atoms with E-state index in [1.165, 1.54) is 19.5 Å². The molecular formula is C31H31N7O6. The monoisotopic (exact) mass is 597 g/mol. The lowest BCUT2D eigenvalue weighted by Gasteiger charge is -2.39. The molecule has 4 bridgehead atoms. The molecule has 2 N–H and O–H groups in total. The lowest BCUT2D eigenvalue weighted by molar-refractivity contribution is -0.123. The second-order valence-electron chi connectivity index (χ2n) is 10.6. The van der Waals surface area contributed by atoms with E-state index in [1.807, 2.05) is 36.4 Å². The zero-order chi connectivity index (χ0) is 30.5. The number of hydrogen-bond acceptors (Lipinski definition) is 9. The van der Waals surface area contributed by atoms with Crippen LogP contribution in [0.5, 0.6) is 17.2 Å². The predicted molar refractivity (Wildman–Crippen MR) is 156 cm³/mol. The Bertz CT molecular complexity index is 1630. The first-order valence-electron chi connectivity index (χ1n) is 14.2. The molecule has 3 aromatic carbocycles. The normalized spacial score (nSPS) is 18.6. The van der Waals surface area contributed by atoms with Gasteiger partial charge in [0, 0.05) is 37.2 Å². The van der Waals surface area contributed by atoms with Crippen molar-refractivity contribution < 1.29 is 28.6 Å². The lowest BCUT2D eigenvalue weighted by Crippen LogP contribution is -2.58. The lowest BCUT2D eigenvalue weighted by atomic mass is 9.99. The summed E-state index contributed by atoms with van der Waals surface area (Å²) < 4.78 is 19.0. The number of nitrogens with zero attached hydrogens (tertiary/aromatic N) is 5. The summed E-state index contributed by atoms with van der Waals surface area (Å²) in [6.07, 6.45) is 1.64. The van der Waals surface area contributed by atoms with E-state index in [2.05, 4.69) is 26.2 Å². The quantitative estimate of drug-likeness (QED) is 0.359. The Kier molecular flexibility index (Phi) is 8.34. The number of methoxy groups -OCH3 is 1. The number of carbonyl (C=O) groups excluding carboxylic acids is 3. The molecule has 3 aliphatic rings. The molecule has 13 nitrogen and oxygen atoms in total. The van der Waals surface area contributed by atoms with Gasteiger partial charge in [0.1, 0.15) is 18.2 Å². The number of amides is 3. The van der Waals surface area contributed by atoms with E-state index < -0.39 is 12.1 Å². The fourth-order valence-corrected chi connectivity index (χ4v) is 5.21. The maximum absolute atomic E-state index is 13.6. The van der Waals surface area contributed by atoms with Gasteiger partial charge in [-0.15, -0.1) is 5.10 Å². The summed E-state index contributed by atoms with van der Waals surface area (Å²) in [5.74, 6) is 0.451. The van der Waals surface area contributed by atoms with Crippen LogP contribution in [0.3, 0.4) is 0 Å². The number of carbonyl (C=O) groups is 3. The van der Waals surface area contributed by atoms with Gasteiger partial charge in [0.2, 0.25) is 0 Å². The number of ether oxygens (including phenoxy) is 3. The zero-order valence-corrected chi connectivity index (χ0v) is 24.0. The Hall–Kier alpha value is -5.46. The van der Waals surface area contributed by atoms with Crippen LogP contribution < -0.4 is 24.8 Å². The van der Waals surface area contributed by atoms with Gasteiger partial charge in [-0.25, -0.2) is 4.68 Å². The number of nitrogens with one attached hydrogen (secondary N) is 2. The fraction of sp³-hybridized carbons (Fsp3) is 0.290. The largest absolute Gasteiger partial charge is 0.493 e. The average Bonchev–Trinajstić information content (AvgIpc) is 3.57. The first-order chi connectivity index (χ1) is 21.4. The highest BCUT2D eigenvalue weighted by Crippen LogP contribution is 2.29. The first kappa shape index (κ1) is 28.6. The molecule has 3 amide bonds. The molecule has 0 unspecified atom stereocenters. The van der Waals surface area contributed by atoms with Crippen LogP contribution in [-0.4, -0.2) is 81.8 Å². The maximum Gasteiger partial charge on any atom is 0.258 e. The van der Waals surface area contributed by atoms with Crippen molar-refractivity contribution in [2.45, 2.75) is 31.7 Å². The van der Waals surface area contributed by atoms with Gasteiger partial charge in [-0.3, -0.25) is 14.4 Å². The molecule has 1 aromatic heterocycles. The van der Waals surface area contributed by atoms with Gasteiger partial charge in [0.15, 0.2) is 18.1 Å². The molecular weight excluding hydrogens is 566 g/mol. The van der Waals surface area contributed by atoms with Crippen molar-refractivity contribution in [3.05, 3.63) is 95.3 Å². The van der Waals surface area contributed by atoms with E-state index in [9.17, 15) is 14.4 Å². The third-order valence-electron chi connectivity index (χ3n) is 7.58. The molecule has 226 valence electrons. The van der Waals surface area contributed by atoms with Crippen LogP contribution in [0.2, 0.25) is 0 Å². The summed E-state index contributed by atoms with van der Waals surface area (Å²) in [4.78, 5) is 41.2. The van der Waals surface area contributed by atoms with Gasteiger partial charge < -0.3 is 29.7 Å². The molecule has 44 heavy (non-hydrogen) atoms. The fourth-order valence-electron chi connectivity index (χ4n) is 5.21. The number of likely N-dealkylation sites (tertiary alicyclic amines) is 1. The molecule has 0 radical (unpaired) electrons. The standard InChI is InChI=1S/C31H31N7O6/c1-42-27-11-8-23-14-28(27)43-18-29(39)32-15-20-4-9-24(10-5-20)44-26-12-13-37(17-25(26)34-30(23)40)31(41)22-6-2-21(3-7-22)16-38-19-33-35-36-38/h2-11,14,19,25-26H,12-13,15-18H2,1H3,(H,32,39)(H,34,40)/t25-,26+/m0/s1. The Morgan fingerprint density at radius 3 is 2.64 bits per heavy atom. The van der Waals surface area contributed by atoms with Crippen molar-refractivity contribution in [3.63, 3.8) is 0 Å². The molecule has 0 aliphatic carbocycles. The van der Waals surface area contributed by atoms with Crippen molar-refractivity contribution >= 4 is 17.7 Å².